The lowest BCUT2D eigenvalue weighted by molar-refractivity contribution is 1.09. The van der Waals surface area contributed by atoms with E-state index in [4.69, 9.17) is 0 Å². The highest BCUT2D eigenvalue weighted by Crippen LogP contribution is 1.53. The maximum Gasteiger partial charge on any atom is 0.137 e. The van der Waals surface area contributed by atoms with Crippen LogP contribution in [0, 0.1) is 0 Å². The quantitative estimate of drug-likeness (QED) is 0.460. The van der Waals surface area contributed by atoms with Crippen molar-refractivity contribution >= 4 is 0 Å². The highest BCUT2D eigenvalue weighted by atomic mass is 15.3. The zero-order valence-corrected chi connectivity index (χ0v) is 2.55. The molecule has 26 valence electrons. The van der Waals surface area contributed by atoms with Crippen LogP contribution < -0.4 is 0 Å². The van der Waals surface area contributed by atoms with Gasteiger partial charge in [0.1, 0.15) is 12.7 Å². The molecule has 0 amide bonds. The zero-order valence-electron chi connectivity index (χ0n) is 2.55. The lowest BCUT2D eigenvalue weighted by Crippen LogP contribution is -1.53. The van der Waals surface area contributed by atoms with Crippen molar-refractivity contribution in [2.45, 2.75) is 0 Å². The Balaban J connectivity index is 3.13. The van der Waals surface area contributed by atoms with E-state index in [9.17, 15) is 0 Å². The number of aromatic amines is 1. The van der Waals surface area contributed by atoms with Crippen molar-refractivity contribution in [3.63, 3.8) is 0 Å². The Kier molecular flexibility index (Phi) is 0.400. The lowest BCUT2D eigenvalue weighted by Gasteiger charge is -1.46. The largest absolute Gasteiger partial charge is 0.266 e. The minimum absolute atomic E-state index is 1.44. The first-order valence-corrected chi connectivity index (χ1v) is 1.29. The molecule has 0 aliphatic carbocycles. The van der Waals surface area contributed by atoms with Crippen LogP contribution in [0.5, 0.6) is 0 Å². The first-order valence-electron chi connectivity index (χ1n) is 1.29. The zero-order chi connectivity index (χ0) is 3.54. The Labute approximate surface area is 29.0 Å². The first kappa shape index (κ1) is 2.38. The number of aromatic nitrogens is 3. The van der Waals surface area contributed by atoms with Crippen molar-refractivity contribution in [2.75, 3.05) is 0 Å². The van der Waals surface area contributed by atoms with Gasteiger partial charge in [-0.2, -0.15) is 5.10 Å². The van der Waals surface area contributed by atoms with Crippen molar-refractivity contribution < 1.29 is 0 Å². The fraction of sp³-hybridized carbons (Fsp3) is 0. The molecule has 0 spiro atoms. The number of hydrogen-bond donors (Lipinski definition) is 1. The summed E-state index contributed by atoms with van der Waals surface area (Å²) < 4.78 is 0. The molecule has 1 rings (SSSR count). The van der Waals surface area contributed by atoms with E-state index in [1.165, 1.54) is 12.7 Å². The maximum absolute atomic E-state index is 3.56. The van der Waals surface area contributed by atoms with E-state index in [1.807, 2.05) is 0 Å². The number of rotatable bonds is 0. The minimum atomic E-state index is 1.44. The predicted octanol–water partition coefficient (Wildman–Crippen LogP) is -0.195. The molecule has 1 aromatic heterocycles. The average molecular weight is 71.1 g/mol. The van der Waals surface area contributed by atoms with Gasteiger partial charge in [0, 0.05) is 0 Å². The molecule has 3 nitrogen and oxygen atoms in total. The molecule has 0 saturated carbocycles. The number of hydrogen-bond acceptors (Lipinski definition) is 2. The Morgan fingerprint density at radius 1 is 1.60 bits per heavy atom. The van der Waals surface area contributed by atoms with E-state index >= 15 is 0 Å². The molecule has 0 saturated heterocycles. The third-order valence-corrected chi connectivity index (χ3v) is 0.331. The van der Waals surface area contributed by atoms with Gasteiger partial charge in [0.05, 0.1) is 0 Å². The van der Waals surface area contributed by atoms with Crippen LogP contribution in [0.1, 0.15) is 0 Å². The van der Waals surface area contributed by atoms with E-state index in [2.05, 4.69) is 15.2 Å². The molecule has 1 heterocycles. The van der Waals surface area contributed by atoms with Crippen molar-refractivity contribution in [1.82, 2.24) is 15.2 Å². The van der Waals surface area contributed by atoms with Crippen LogP contribution in [-0.4, -0.2) is 15.2 Å². The molecular weight excluding hydrogens is 68.0 g/mol. The van der Waals surface area contributed by atoms with E-state index in [1.54, 1.807) is 0 Å². The fourth-order valence-corrected chi connectivity index (χ4v) is 0.167. The summed E-state index contributed by atoms with van der Waals surface area (Å²) in [5.41, 5.74) is 0. The third kappa shape index (κ3) is 0.238. The molecule has 0 atom stereocenters. The van der Waals surface area contributed by atoms with E-state index in [0.29, 0.717) is 0 Å². The molecule has 0 radical (unpaired) electrons. The van der Waals surface area contributed by atoms with Crippen LogP contribution in [0.4, 0.5) is 0 Å². The monoisotopic (exact) mass is 71.0 g/mol. The second-order valence-electron chi connectivity index (χ2n) is 0.652. The molecule has 0 aromatic carbocycles. The van der Waals surface area contributed by atoms with Gasteiger partial charge in [0.2, 0.25) is 0 Å². The van der Waals surface area contributed by atoms with E-state index in [0.717, 1.165) is 0 Å². The van der Waals surface area contributed by atoms with Crippen LogP contribution in [0.15, 0.2) is 12.7 Å². The van der Waals surface area contributed by atoms with Crippen LogP contribution >= 0.6 is 0 Å². The van der Waals surface area contributed by atoms with Crippen LogP contribution in [0.3, 0.4) is 0 Å². The van der Waals surface area contributed by atoms with Crippen LogP contribution in [-0.2, 0) is 0 Å². The van der Waals surface area contributed by atoms with Gasteiger partial charge in [-0.25, -0.2) is 4.98 Å². The van der Waals surface area contributed by atoms with E-state index in [-0.39, 0.29) is 0 Å². The number of H-pyrrole nitrogens is 1. The molecule has 5 heavy (non-hydrogen) atoms. The second kappa shape index (κ2) is 0.839. The fourth-order valence-electron chi connectivity index (χ4n) is 0.167. The molecule has 3 heteroatoms. The summed E-state index contributed by atoms with van der Waals surface area (Å²) in [6, 6.07) is 0. The van der Waals surface area contributed by atoms with Crippen molar-refractivity contribution in [3.8, 4) is 0 Å². The van der Waals surface area contributed by atoms with E-state index < -0.39 is 0 Å². The summed E-state index contributed by atoms with van der Waals surface area (Å²) in [6.07, 6.45) is 2.96. The second-order valence-corrected chi connectivity index (χ2v) is 0.652. The summed E-state index contributed by atoms with van der Waals surface area (Å²) >= 11 is 0. The Hall–Kier alpha value is -0.860. The maximum atomic E-state index is 3.56. The molecule has 0 fully saturated rings. The summed E-state index contributed by atoms with van der Waals surface area (Å²) in [7, 11) is 0. The van der Waals surface area contributed by atoms with Crippen LogP contribution in [0.25, 0.3) is 0 Å². The molecular formula is C2H3N3. The smallest absolute Gasteiger partial charge is 0.137 e. The summed E-state index contributed by atoms with van der Waals surface area (Å²) in [5.74, 6) is 0. The van der Waals surface area contributed by atoms with Crippen molar-refractivity contribution in [2.24, 2.45) is 0 Å². The normalized spacial score (nSPS) is 8.00. The Bertz CT molecular complexity index is 61.4. The van der Waals surface area contributed by atoms with Gasteiger partial charge in [-0.1, -0.05) is 0 Å². The minimum Gasteiger partial charge on any atom is -0.266 e. The average Bonchev–Trinajstić information content (AvgIpc) is 1.76. The van der Waals surface area contributed by atoms with Crippen LogP contribution in [0.2, 0.25) is 0 Å². The molecule has 1 N–H and O–H groups in total. The van der Waals surface area contributed by atoms with Gasteiger partial charge in [-0.15, -0.1) is 0 Å². The number of nitrogens with one attached hydrogen (secondary N) is 1. The highest BCUT2D eigenvalue weighted by molar-refractivity contribution is 4.43. The van der Waals surface area contributed by atoms with Gasteiger partial charge in [0.25, 0.3) is 0 Å². The number of nitrogens with zero attached hydrogens (tertiary/aromatic N) is 2. The molecule has 0 unspecified atom stereocenters. The Morgan fingerprint density at radius 2 is 2.60 bits per heavy atom. The topological polar surface area (TPSA) is 41.6 Å². The highest BCUT2D eigenvalue weighted by Gasteiger charge is 1.57. The summed E-state index contributed by atoms with van der Waals surface area (Å²) in [5, 5.41) is 5.99. The summed E-state index contributed by atoms with van der Waals surface area (Å²) in [6.45, 7) is 0. The predicted molar refractivity (Wildman–Crippen MR) is 16.4 cm³/mol. The van der Waals surface area contributed by atoms with Gasteiger partial charge in [-0.05, 0) is 0 Å². The van der Waals surface area contributed by atoms with Gasteiger partial charge >= 0.3 is 0 Å². The molecule has 0 bridgehead atoms. The SMILES string of the molecule is [13cH]1n[13cH][nH]n1. The first-order chi connectivity index (χ1) is 2.50. The van der Waals surface area contributed by atoms with Crippen molar-refractivity contribution in [1.29, 1.82) is 0 Å². The van der Waals surface area contributed by atoms with Crippen molar-refractivity contribution in [3.05, 3.63) is 12.7 Å². The molecule has 0 aliphatic heterocycles. The third-order valence-electron chi connectivity index (χ3n) is 0.331. The standard InChI is InChI=1S/C2H3N3/c1-3-2-5-4-1/h1-2H,(H,3,4,5)/i1+1,2+1. The van der Waals surface area contributed by atoms with Gasteiger partial charge < -0.3 is 0 Å². The molecule has 0 aliphatic rings. The van der Waals surface area contributed by atoms with Gasteiger partial charge in [0.15, 0.2) is 0 Å². The Morgan fingerprint density at radius 3 is 2.80 bits per heavy atom. The molecule has 1 aromatic rings. The lowest BCUT2D eigenvalue weighted by atomic mass is 12.1. The van der Waals surface area contributed by atoms with Gasteiger partial charge in [-0.3, -0.25) is 5.10 Å². The summed E-state index contributed by atoms with van der Waals surface area (Å²) in [4.78, 5) is 3.56.